The van der Waals surface area contributed by atoms with Crippen LogP contribution < -0.4 is 0 Å². The van der Waals surface area contributed by atoms with Crippen LogP contribution in [0.1, 0.15) is 53.4 Å². The normalized spacial score (nSPS) is 17.2. The van der Waals surface area contributed by atoms with Crippen LogP contribution in [0, 0.1) is 11.3 Å². The van der Waals surface area contributed by atoms with Gasteiger partial charge in [0.15, 0.2) is 0 Å². The molecule has 1 saturated heterocycles. The van der Waals surface area contributed by atoms with Gasteiger partial charge in [-0.25, -0.2) is 4.79 Å². The van der Waals surface area contributed by atoms with Gasteiger partial charge < -0.3 is 9.64 Å². The Hall–Kier alpha value is -1.50. The summed E-state index contributed by atoms with van der Waals surface area (Å²) in [6, 6.07) is 2.22. The summed E-state index contributed by atoms with van der Waals surface area (Å²) in [4.78, 5) is 13.8. The highest BCUT2D eigenvalue weighted by molar-refractivity contribution is 5.68. The molecule has 0 aromatic heterocycles. The molecule has 4 heteroatoms. The number of hydrogen-bond acceptors (Lipinski definition) is 3. The highest BCUT2D eigenvalue weighted by atomic mass is 16.6. The second-order valence-electron chi connectivity index (χ2n) is 6.01. The summed E-state index contributed by atoms with van der Waals surface area (Å²) in [6.45, 7) is 8.93. The molecule has 1 rings (SSSR count). The van der Waals surface area contributed by atoms with E-state index < -0.39 is 5.60 Å². The van der Waals surface area contributed by atoms with Crippen molar-refractivity contribution in [2.24, 2.45) is 0 Å². The Labute approximate surface area is 116 Å². The minimum absolute atomic E-state index is 0.225. The van der Waals surface area contributed by atoms with E-state index in [1.54, 1.807) is 4.90 Å². The second-order valence-corrected chi connectivity index (χ2v) is 6.01. The summed E-state index contributed by atoms with van der Waals surface area (Å²) in [5.74, 6) is 0. The number of ether oxygens (including phenoxy) is 1. The summed E-state index contributed by atoms with van der Waals surface area (Å²) >= 11 is 0. The van der Waals surface area contributed by atoms with E-state index in [0.29, 0.717) is 13.1 Å². The lowest BCUT2D eigenvalue weighted by Gasteiger charge is -2.29. The number of carbonyl (C=O) groups is 1. The molecule has 0 atom stereocenters. The summed E-state index contributed by atoms with van der Waals surface area (Å²) < 4.78 is 5.39. The molecule has 0 aromatic rings. The highest BCUT2D eigenvalue weighted by Crippen LogP contribution is 2.21. The monoisotopic (exact) mass is 264 g/mol. The Bertz CT molecular complexity index is 387. The number of likely N-dealkylation sites (tertiary alicyclic amines) is 1. The van der Waals surface area contributed by atoms with E-state index in [4.69, 9.17) is 10.00 Å². The highest BCUT2D eigenvalue weighted by Gasteiger charge is 2.22. The van der Waals surface area contributed by atoms with Crippen LogP contribution in [0.4, 0.5) is 4.79 Å². The number of hydrogen-bond donors (Lipinski definition) is 0. The molecule has 1 aliphatic rings. The van der Waals surface area contributed by atoms with Crippen molar-refractivity contribution < 1.29 is 9.53 Å². The van der Waals surface area contributed by atoms with Crippen LogP contribution in [-0.4, -0.2) is 29.7 Å². The molecule has 0 aliphatic carbocycles. The predicted octanol–water partition coefficient (Wildman–Crippen LogP) is 3.64. The zero-order chi connectivity index (χ0) is 14.5. The number of nitrogens with zero attached hydrogens (tertiary/aromatic N) is 2. The molecule has 0 bridgehead atoms. The number of rotatable bonds is 0. The largest absolute Gasteiger partial charge is 0.444 e. The van der Waals surface area contributed by atoms with Crippen molar-refractivity contribution in [1.82, 2.24) is 4.90 Å². The van der Waals surface area contributed by atoms with Gasteiger partial charge in [0, 0.05) is 18.7 Å². The van der Waals surface area contributed by atoms with Crippen LogP contribution in [-0.2, 0) is 4.74 Å². The minimum atomic E-state index is -0.443. The smallest absolute Gasteiger partial charge is 0.410 e. The van der Waals surface area contributed by atoms with Crippen LogP contribution in [0.3, 0.4) is 0 Å². The lowest BCUT2D eigenvalue weighted by molar-refractivity contribution is 0.0241. The summed E-state index contributed by atoms with van der Waals surface area (Å²) in [7, 11) is 0. The van der Waals surface area contributed by atoms with Gasteiger partial charge in [0.05, 0.1) is 6.07 Å². The Kier molecular flexibility index (Phi) is 5.41. The first-order valence-electron chi connectivity index (χ1n) is 6.90. The lowest BCUT2D eigenvalue weighted by Crippen LogP contribution is -2.38. The molecule has 19 heavy (non-hydrogen) atoms. The fourth-order valence-corrected chi connectivity index (χ4v) is 2.17. The fraction of sp³-hybridized carbons (Fsp3) is 0.733. The van der Waals surface area contributed by atoms with Gasteiger partial charge in [0.1, 0.15) is 5.60 Å². The van der Waals surface area contributed by atoms with Crippen LogP contribution in [0.25, 0.3) is 0 Å². The van der Waals surface area contributed by atoms with Gasteiger partial charge in [-0.05, 0) is 53.4 Å². The summed E-state index contributed by atoms with van der Waals surface area (Å²) in [6.07, 6.45) is 3.37. The maximum Gasteiger partial charge on any atom is 0.410 e. The first-order chi connectivity index (χ1) is 8.83. The zero-order valence-corrected chi connectivity index (χ0v) is 12.5. The van der Waals surface area contributed by atoms with E-state index in [1.165, 1.54) is 5.57 Å². The average molecular weight is 264 g/mol. The zero-order valence-electron chi connectivity index (χ0n) is 12.5. The van der Waals surface area contributed by atoms with E-state index in [0.717, 1.165) is 31.3 Å². The Morgan fingerprint density at radius 1 is 1.26 bits per heavy atom. The molecule has 0 N–H and O–H groups in total. The number of carbonyl (C=O) groups excluding carboxylic acids is 1. The maximum absolute atomic E-state index is 12.0. The van der Waals surface area contributed by atoms with Gasteiger partial charge in [-0.15, -0.1) is 0 Å². The Morgan fingerprint density at radius 3 is 2.21 bits per heavy atom. The summed E-state index contributed by atoms with van der Waals surface area (Å²) in [5.41, 5.74) is 1.64. The molecule has 1 amide bonds. The van der Waals surface area contributed by atoms with Crippen molar-refractivity contribution in [3.05, 3.63) is 11.1 Å². The maximum atomic E-state index is 12.0. The quantitative estimate of drug-likeness (QED) is 0.628. The van der Waals surface area contributed by atoms with Crippen LogP contribution in [0.15, 0.2) is 11.1 Å². The molecule has 1 heterocycles. The summed E-state index contributed by atoms with van der Waals surface area (Å²) in [5, 5.41) is 8.92. The third-order valence-corrected chi connectivity index (χ3v) is 3.16. The third-order valence-electron chi connectivity index (χ3n) is 3.16. The molecule has 0 aromatic carbocycles. The average Bonchev–Trinajstić information content (AvgIpc) is 2.25. The van der Waals surface area contributed by atoms with Crippen LogP contribution in [0.2, 0.25) is 0 Å². The SMILES string of the molecule is CC(C#N)=C1CCCN(C(=O)OC(C)(C)C)CCC1. The number of amides is 1. The van der Waals surface area contributed by atoms with Gasteiger partial charge >= 0.3 is 6.09 Å². The molecule has 1 aliphatic heterocycles. The molecule has 1 fully saturated rings. The van der Waals surface area contributed by atoms with Crippen LogP contribution >= 0.6 is 0 Å². The molecular weight excluding hydrogens is 240 g/mol. The fourth-order valence-electron chi connectivity index (χ4n) is 2.17. The second kappa shape index (κ2) is 6.60. The lowest BCUT2D eigenvalue weighted by atomic mass is 9.98. The van der Waals surface area contributed by atoms with Crippen molar-refractivity contribution in [2.75, 3.05) is 13.1 Å². The van der Waals surface area contributed by atoms with E-state index in [1.807, 2.05) is 27.7 Å². The molecular formula is C15H24N2O2. The number of allylic oxidation sites excluding steroid dienone is 2. The molecule has 0 radical (unpaired) electrons. The topological polar surface area (TPSA) is 53.3 Å². The van der Waals surface area contributed by atoms with E-state index in [9.17, 15) is 4.79 Å². The predicted molar refractivity (Wildman–Crippen MR) is 74.6 cm³/mol. The van der Waals surface area contributed by atoms with Crippen molar-refractivity contribution in [1.29, 1.82) is 5.26 Å². The van der Waals surface area contributed by atoms with E-state index in [2.05, 4.69) is 6.07 Å². The van der Waals surface area contributed by atoms with Gasteiger partial charge in [-0.1, -0.05) is 5.57 Å². The molecule has 0 unspecified atom stereocenters. The van der Waals surface area contributed by atoms with Crippen molar-refractivity contribution >= 4 is 6.09 Å². The molecule has 0 saturated carbocycles. The van der Waals surface area contributed by atoms with E-state index in [-0.39, 0.29) is 6.09 Å². The van der Waals surface area contributed by atoms with Crippen molar-refractivity contribution in [3.8, 4) is 6.07 Å². The Balaban J connectivity index is 2.57. The van der Waals surface area contributed by atoms with Crippen molar-refractivity contribution in [2.45, 2.75) is 59.0 Å². The number of nitriles is 1. The van der Waals surface area contributed by atoms with Crippen molar-refractivity contribution in [3.63, 3.8) is 0 Å². The van der Waals surface area contributed by atoms with E-state index >= 15 is 0 Å². The first kappa shape index (κ1) is 15.6. The molecule has 106 valence electrons. The third kappa shape index (κ3) is 5.34. The van der Waals surface area contributed by atoms with Gasteiger partial charge in [0.25, 0.3) is 0 Å². The van der Waals surface area contributed by atoms with Gasteiger partial charge in [-0.2, -0.15) is 5.26 Å². The van der Waals surface area contributed by atoms with Crippen LogP contribution in [0.5, 0.6) is 0 Å². The standard InChI is InChI=1S/C15H24N2O2/c1-12(11-16)13-7-5-9-17(10-6-8-13)14(18)19-15(2,3)4/h5-10H2,1-4H3. The Morgan fingerprint density at radius 2 is 1.79 bits per heavy atom. The first-order valence-corrected chi connectivity index (χ1v) is 6.90. The van der Waals surface area contributed by atoms with Gasteiger partial charge in [0.2, 0.25) is 0 Å². The van der Waals surface area contributed by atoms with Gasteiger partial charge in [-0.3, -0.25) is 0 Å². The minimum Gasteiger partial charge on any atom is -0.444 e. The molecule has 0 spiro atoms. The molecule has 4 nitrogen and oxygen atoms in total.